The van der Waals surface area contributed by atoms with Gasteiger partial charge in [-0.2, -0.15) is 0 Å². The van der Waals surface area contributed by atoms with Gasteiger partial charge in [0.05, 0.1) is 22.8 Å². The minimum Gasteiger partial charge on any atom is -0.388 e. The van der Waals surface area contributed by atoms with Gasteiger partial charge in [0.1, 0.15) is 0 Å². The lowest BCUT2D eigenvalue weighted by atomic mass is 10.0. The third-order valence-corrected chi connectivity index (χ3v) is 4.46. The molecule has 23 heavy (non-hydrogen) atoms. The number of carbonyl (C=O) groups is 1. The Morgan fingerprint density at radius 2 is 2.04 bits per heavy atom. The van der Waals surface area contributed by atoms with E-state index < -0.39 is 5.60 Å². The van der Waals surface area contributed by atoms with Crippen molar-refractivity contribution in [2.24, 2.45) is 0 Å². The zero-order valence-corrected chi connectivity index (χ0v) is 13.0. The summed E-state index contributed by atoms with van der Waals surface area (Å²) in [4.78, 5) is 28.5. The molecule has 0 bridgehead atoms. The predicted octanol–water partition coefficient (Wildman–Crippen LogP) is 1.21. The second kappa shape index (κ2) is 6.50. The molecule has 6 nitrogen and oxygen atoms in total. The summed E-state index contributed by atoms with van der Waals surface area (Å²) in [7, 11) is 0. The molecule has 2 N–H and O–H groups in total. The molecule has 0 atom stereocenters. The van der Waals surface area contributed by atoms with Crippen LogP contribution < -0.4 is 10.9 Å². The molecule has 2 aromatic rings. The molecule has 1 saturated carbocycles. The van der Waals surface area contributed by atoms with Gasteiger partial charge in [-0.05, 0) is 25.0 Å². The van der Waals surface area contributed by atoms with E-state index in [0.717, 1.165) is 25.7 Å². The Kier molecular flexibility index (Phi) is 4.43. The standard InChI is InChI=1S/C17H21N3O3/c21-15(18-11-17(23)8-3-4-9-17)7-10-20-12-19-14-6-2-1-5-13(14)16(20)22/h1-2,5-6,12,23H,3-4,7-11H2,(H,18,21). The fourth-order valence-electron chi connectivity index (χ4n) is 3.05. The van der Waals surface area contributed by atoms with Gasteiger partial charge >= 0.3 is 0 Å². The average Bonchev–Trinajstić information content (AvgIpc) is 3.00. The zero-order valence-electron chi connectivity index (χ0n) is 13.0. The van der Waals surface area contributed by atoms with Crippen molar-refractivity contribution in [3.63, 3.8) is 0 Å². The molecule has 1 aromatic carbocycles. The minimum atomic E-state index is -0.753. The number of aliphatic hydroxyl groups is 1. The number of nitrogens with zero attached hydrogens (tertiary/aromatic N) is 2. The van der Waals surface area contributed by atoms with Crippen molar-refractivity contribution in [1.82, 2.24) is 14.9 Å². The van der Waals surface area contributed by atoms with Crippen molar-refractivity contribution in [3.05, 3.63) is 40.9 Å². The Morgan fingerprint density at radius 3 is 2.83 bits per heavy atom. The number of benzene rings is 1. The van der Waals surface area contributed by atoms with Crippen LogP contribution in [0.15, 0.2) is 35.4 Å². The lowest BCUT2D eigenvalue weighted by Crippen LogP contribution is -2.41. The number of nitrogens with one attached hydrogen (secondary N) is 1. The molecule has 0 saturated heterocycles. The van der Waals surface area contributed by atoms with E-state index in [1.807, 2.05) is 6.07 Å². The zero-order chi connectivity index (χ0) is 16.3. The maximum Gasteiger partial charge on any atom is 0.261 e. The molecule has 0 aliphatic heterocycles. The Hall–Kier alpha value is -2.21. The molecule has 1 heterocycles. The molecule has 1 aromatic heterocycles. The fraction of sp³-hybridized carbons (Fsp3) is 0.471. The van der Waals surface area contributed by atoms with Gasteiger partial charge in [-0.15, -0.1) is 0 Å². The van der Waals surface area contributed by atoms with E-state index in [2.05, 4.69) is 10.3 Å². The highest BCUT2D eigenvalue weighted by Gasteiger charge is 2.31. The summed E-state index contributed by atoms with van der Waals surface area (Å²) in [6, 6.07) is 7.15. The van der Waals surface area contributed by atoms with Crippen molar-refractivity contribution < 1.29 is 9.90 Å². The van der Waals surface area contributed by atoms with Gasteiger partial charge in [-0.1, -0.05) is 25.0 Å². The molecule has 0 unspecified atom stereocenters. The molecule has 0 spiro atoms. The highest BCUT2D eigenvalue weighted by atomic mass is 16.3. The number of amides is 1. The highest BCUT2D eigenvalue weighted by molar-refractivity contribution is 5.77. The van der Waals surface area contributed by atoms with Crippen LogP contribution in [-0.2, 0) is 11.3 Å². The van der Waals surface area contributed by atoms with Crippen LogP contribution in [0.5, 0.6) is 0 Å². The molecule has 1 amide bonds. The first-order valence-corrected chi connectivity index (χ1v) is 8.01. The van der Waals surface area contributed by atoms with Crippen LogP contribution in [0.2, 0.25) is 0 Å². The second-order valence-electron chi connectivity index (χ2n) is 6.22. The SMILES string of the molecule is O=C(CCn1cnc2ccccc2c1=O)NCC1(O)CCCC1. The van der Waals surface area contributed by atoms with E-state index in [1.165, 1.54) is 10.9 Å². The lowest BCUT2D eigenvalue weighted by molar-refractivity contribution is -0.122. The Balaban J connectivity index is 1.59. The summed E-state index contributed by atoms with van der Waals surface area (Å²) in [6.07, 6.45) is 5.15. The summed E-state index contributed by atoms with van der Waals surface area (Å²) in [6.45, 7) is 0.567. The van der Waals surface area contributed by atoms with Crippen LogP contribution in [0.1, 0.15) is 32.1 Å². The topological polar surface area (TPSA) is 84.2 Å². The molecule has 1 aliphatic rings. The molecule has 1 aliphatic carbocycles. The van der Waals surface area contributed by atoms with Crippen LogP contribution in [0.25, 0.3) is 10.9 Å². The Bertz CT molecular complexity index is 763. The number of fused-ring (bicyclic) bond motifs is 1. The van der Waals surface area contributed by atoms with E-state index in [1.54, 1.807) is 18.2 Å². The average molecular weight is 315 g/mol. The summed E-state index contributed by atoms with van der Waals surface area (Å²) in [5.41, 5.74) is -0.240. The van der Waals surface area contributed by atoms with Crippen LogP contribution in [0.4, 0.5) is 0 Å². The second-order valence-corrected chi connectivity index (χ2v) is 6.22. The van der Waals surface area contributed by atoms with Crippen LogP contribution in [0.3, 0.4) is 0 Å². The van der Waals surface area contributed by atoms with Gasteiger partial charge in [0.15, 0.2) is 0 Å². The summed E-state index contributed by atoms with van der Waals surface area (Å²) in [5.74, 6) is -0.162. The van der Waals surface area contributed by atoms with Gasteiger partial charge in [-0.25, -0.2) is 4.98 Å². The largest absolute Gasteiger partial charge is 0.388 e. The van der Waals surface area contributed by atoms with E-state index in [-0.39, 0.29) is 31.0 Å². The number of hydrogen-bond donors (Lipinski definition) is 2. The fourth-order valence-corrected chi connectivity index (χ4v) is 3.05. The lowest BCUT2D eigenvalue weighted by Gasteiger charge is -2.22. The van der Waals surface area contributed by atoms with E-state index in [0.29, 0.717) is 10.9 Å². The van der Waals surface area contributed by atoms with Gasteiger partial charge in [0.25, 0.3) is 5.56 Å². The summed E-state index contributed by atoms with van der Waals surface area (Å²) >= 11 is 0. The maximum atomic E-state index is 12.3. The molecular formula is C17H21N3O3. The quantitative estimate of drug-likeness (QED) is 0.868. The number of rotatable bonds is 5. The number of hydrogen-bond acceptors (Lipinski definition) is 4. The smallest absolute Gasteiger partial charge is 0.261 e. The van der Waals surface area contributed by atoms with Gasteiger partial charge in [0.2, 0.25) is 5.91 Å². The van der Waals surface area contributed by atoms with Crippen LogP contribution in [-0.4, -0.2) is 32.7 Å². The maximum absolute atomic E-state index is 12.3. The molecule has 6 heteroatoms. The van der Waals surface area contributed by atoms with E-state index in [4.69, 9.17) is 0 Å². The number of aryl methyl sites for hydroxylation is 1. The number of carbonyl (C=O) groups excluding carboxylic acids is 1. The third kappa shape index (κ3) is 3.59. The Morgan fingerprint density at radius 1 is 1.30 bits per heavy atom. The first kappa shape index (κ1) is 15.7. The van der Waals surface area contributed by atoms with Crippen molar-refractivity contribution in [2.45, 2.75) is 44.2 Å². The highest BCUT2D eigenvalue weighted by Crippen LogP contribution is 2.28. The first-order chi connectivity index (χ1) is 11.1. The van der Waals surface area contributed by atoms with Crippen LogP contribution >= 0.6 is 0 Å². The van der Waals surface area contributed by atoms with Crippen molar-refractivity contribution >= 4 is 16.8 Å². The molecule has 122 valence electrons. The Labute approximate surface area is 134 Å². The summed E-state index contributed by atoms with van der Waals surface area (Å²) in [5, 5.41) is 13.5. The van der Waals surface area contributed by atoms with E-state index >= 15 is 0 Å². The van der Waals surface area contributed by atoms with Crippen molar-refractivity contribution in [3.8, 4) is 0 Å². The minimum absolute atomic E-state index is 0.141. The first-order valence-electron chi connectivity index (χ1n) is 8.01. The summed E-state index contributed by atoms with van der Waals surface area (Å²) < 4.78 is 1.45. The third-order valence-electron chi connectivity index (χ3n) is 4.46. The molecule has 0 radical (unpaired) electrons. The van der Waals surface area contributed by atoms with Crippen molar-refractivity contribution in [1.29, 1.82) is 0 Å². The molecular weight excluding hydrogens is 294 g/mol. The normalized spacial score (nSPS) is 16.6. The van der Waals surface area contributed by atoms with Gasteiger partial charge in [0, 0.05) is 19.5 Å². The van der Waals surface area contributed by atoms with E-state index in [9.17, 15) is 14.7 Å². The molecule has 3 rings (SSSR count). The monoisotopic (exact) mass is 315 g/mol. The van der Waals surface area contributed by atoms with Crippen molar-refractivity contribution in [2.75, 3.05) is 6.54 Å². The van der Waals surface area contributed by atoms with Crippen LogP contribution in [0, 0.1) is 0 Å². The number of aromatic nitrogens is 2. The number of para-hydroxylation sites is 1. The van der Waals surface area contributed by atoms with Gasteiger partial charge in [-0.3, -0.25) is 14.2 Å². The van der Waals surface area contributed by atoms with Gasteiger partial charge < -0.3 is 10.4 Å². The molecule has 1 fully saturated rings. The predicted molar refractivity (Wildman–Crippen MR) is 87.0 cm³/mol.